The van der Waals surface area contributed by atoms with E-state index in [0.29, 0.717) is 0 Å². The maximum Gasteiger partial charge on any atom is 0.307 e. The highest BCUT2D eigenvalue weighted by atomic mass is 31.0. The van der Waals surface area contributed by atoms with Gasteiger partial charge in [-0.2, -0.15) is 0 Å². The highest BCUT2D eigenvalue weighted by Crippen LogP contribution is 2.07. The summed E-state index contributed by atoms with van der Waals surface area (Å²) in [7, 11) is 2.34. The van der Waals surface area contributed by atoms with Crippen molar-refractivity contribution >= 4 is 15.4 Å². The minimum absolute atomic E-state index is 0.0579. The normalized spacial score (nSPS) is 16.3. The molecular weight excluding hydrogens is 149 g/mol. The molecule has 0 saturated carbocycles. The van der Waals surface area contributed by atoms with Gasteiger partial charge in [-0.1, -0.05) is 23.2 Å². The lowest BCUT2D eigenvalue weighted by Crippen LogP contribution is -2.32. The molecule has 0 aliphatic heterocycles. The van der Waals surface area contributed by atoms with Gasteiger partial charge in [0.25, 0.3) is 0 Å². The SMILES string of the molecule is CC[C@@H](NP)[C@H](C)C(=O)O. The van der Waals surface area contributed by atoms with Crippen LogP contribution in [0.1, 0.15) is 20.3 Å². The van der Waals surface area contributed by atoms with Gasteiger partial charge in [-0.05, 0) is 6.42 Å². The zero-order chi connectivity index (χ0) is 8.15. The van der Waals surface area contributed by atoms with Gasteiger partial charge in [0, 0.05) is 6.04 Å². The predicted octanol–water partition coefficient (Wildman–Crippen LogP) is 0.865. The van der Waals surface area contributed by atoms with Gasteiger partial charge in [0.15, 0.2) is 0 Å². The van der Waals surface area contributed by atoms with E-state index in [-0.39, 0.29) is 12.0 Å². The molecule has 3 nitrogen and oxygen atoms in total. The molecule has 0 aromatic heterocycles. The van der Waals surface area contributed by atoms with E-state index in [9.17, 15) is 4.79 Å². The zero-order valence-corrected chi connectivity index (χ0v) is 7.45. The lowest BCUT2D eigenvalue weighted by Gasteiger charge is -2.17. The van der Waals surface area contributed by atoms with Crippen molar-refractivity contribution in [3.05, 3.63) is 0 Å². The number of aliphatic carboxylic acids is 1. The molecule has 0 saturated heterocycles. The van der Waals surface area contributed by atoms with E-state index in [1.165, 1.54) is 0 Å². The number of carbonyl (C=O) groups is 1. The van der Waals surface area contributed by atoms with Gasteiger partial charge in [0.05, 0.1) is 5.92 Å². The molecule has 0 aliphatic rings. The first-order chi connectivity index (χ1) is 4.63. The van der Waals surface area contributed by atoms with Crippen molar-refractivity contribution in [1.29, 1.82) is 0 Å². The summed E-state index contributed by atoms with van der Waals surface area (Å²) in [4.78, 5) is 10.4. The molecule has 0 heterocycles. The van der Waals surface area contributed by atoms with E-state index in [4.69, 9.17) is 5.11 Å². The van der Waals surface area contributed by atoms with Gasteiger partial charge in [-0.3, -0.25) is 9.88 Å². The summed E-state index contributed by atoms with van der Waals surface area (Å²) in [5, 5.41) is 11.4. The van der Waals surface area contributed by atoms with Crippen molar-refractivity contribution in [3.63, 3.8) is 0 Å². The summed E-state index contributed by atoms with van der Waals surface area (Å²) in [6, 6.07) is 0.0579. The van der Waals surface area contributed by atoms with Crippen LogP contribution < -0.4 is 5.09 Å². The second-order valence-corrected chi connectivity index (χ2v) is 2.64. The van der Waals surface area contributed by atoms with E-state index in [1.54, 1.807) is 6.92 Å². The maximum absolute atomic E-state index is 10.4. The average molecular weight is 163 g/mol. The fourth-order valence-electron chi connectivity index (χ4n) is 0.788. The van der Waals surface area contributed by atoms with Crippen molar-refractivity contribution in [2.24, 2.45) is 5.92 Å². The fourth-order valence-corrected chi connectivity index (χ4v) is 1.31. The zero-order valence-electron chi connectivity index (χ0n) is 6.29. The van der Waals surface area contributed by atoms with Crippen LogP contribution in [0.2, 0.25) is 0 Å². The highest BCUT2D eigenvalue weighted by Gasteiger charge is 2.19. The first-order valence-corrected chi connectivity index (χ1v) is 3.90. The van der Waals surface area contributed by atoms with Gasteiger partial charge in [0.2, 0.25) is 0 Å². The Hall–Kier alpha value is -0.140. The summed E-state index contributed by atoms with van der Waals surface area (Å²) in [5.41, 5.74) is 0. The monoisotopic (exact) mass is 163 g/mol. The van der Waals surface area contributed by atoms with Crippen LogP contribution in [0.25, 0.3) is 0 Å². The Kier molecular flexibility index (Phi) is 4.58. The minimum atomic E-state index is -0.748. The lowest BCUT2D eigenvalue weighted by molar-refractivity contribution is -0.141. The van der Waals surface area contributed by atoms with Crippen molar-refractivity contribution in [1.82, 2.24) is 5.09 Å². The number of carboxylic acids is 1. The number of rotatable bonds is 4. The van der Waals surface area contributed by atoms with Crippen LogP contribution in [0.3, 0.4) is 0 Å². The average Bonchev–Trinajstić information content (AvgIpc) is 1.90. The van der Waals surface area contributed by atoms with Crippen LogP contribution in [-0.4, -0.2) is 17.1 Å². The summed E-state index contributed by atoms with van der Waals surface area (Å²) >= 11 is 0. The number of hydrogen-bond acceptors (Lipinski definition) is 2. The van der Waals surface area contributed by atoms with E-state index in [2.05, 4.69) is 14.5 Å². The Morgan fingerprint density at radius 3 is 2.40 bits per heavy atom. The van der Waals surface area contributed by atoms with Crippen molar-refractivity contribution in [3.8, 4) is 0 Å². The van der Waals surface area contributed by atoms with Crippen molar-refractivity contribution < 1.29 is 9.90 Å². The topological polar surface area (TPSA) is 49.3 Å². The molecular formula is C6H14NO2P. The highest BCUT2D eigenvalue weighted by molar-refractivity contribution is 7.13. The van der Waals surface area contributed by atoms with Crippen LogP contribution in [0.5, 0.6) is 0 Å². The Bertz CT molecular complexity index is 114. The van der Waals surface area contributed by atoms with Crippen LogP contribution in [0.4, 0.5) is 0 Å². The molecule has 0 aliphatic carbocycles. The second-order valence-electron chi connectivity index (χ2n) is 2.31. The molecule has 0 fully saturated rings. The van der Waals surface area contributed by atoms with Crippen molar-refractivity contribution in [2.75, 3.05) is 0 Å². The fraction of sp³-hybridized carbons (Fsp3) is 0.833. The molecule has 10 heavy (non-hydrogen) atoms. The standard InChI is InChI=1S/C6H14NO2P/c1-3-5(7-10)4(2)6(8)9/h4-5,7H,3,10H2,1-2H3,(H,8,9)/t4-,5+/m0/s1. The Balaban J connectivity index is 3.88. The number of hydrogen-bond donors (Lipinski definition) is 2. The third-order valence-corrected chi connectivity index (χ3v) is 2.08. The van der Waals surface area contributed by atoms with Gasteiger partial charge >= 0.3 is 5.97 Å². The van der Waals surface area contributed by atoms with Crippen LogP contribution in [-0.2, 0) is 4.79 Å². The molecule has 1 unspecified atom stereocenters. The minimum Gasteiger partial charge on any atom is -0.481 e. The van der Waals surface area contributed by atoms with Crippen molar-refractivity contribution in [2.45, 2.75) is 26.3 Å². The quantitative estimate of drug-likeness (QED) is 0.604. The first kappa shape index (κ1) is 9.86. The predicted molar refractivity (Wildman–Crippen MR) is 43.7 cm³/mol. The smallest absolute Gasteiger partial charge is 0.307 e. The molecule has 60 valence electrons. The first-order valence-electron chi connectivity index (χ1n) is 3.32. The number of carboxylic acid groups (broad SMARTS) is 1. The third kappa shape index (κ3) is 2.63. The van der Waals surface area contributed by atoms with Crippen LogP contribution in [0, 0.1) is 5.92 Å². The largest absolute Gasteiger partial charge is 0.481 e. The molecule has 0 aromatic rings. The Morgan fingerprint density at radius 1 is 1.80 bits per heavy atom. The summed E-state index contributed by atoms with van der Waals surface area (Å²) in [6.07, 6.45) is 0.830. The lowest BCUT2D eigenvalue weighted by atomic mass is 10.0. The molecule has 0 spiro atoms. The maximum atomic E-state index is 10.4. The summed E-state index contributed by atoms with van der Waals surface area (Å²) < 4.78 is 0. The van der Waals surface area contributed by atoms with E-state index in [1.807, 2.05) is 6.92 Å². The van der Waals surface area contributed by atoms with Crippen LogP contribution in [0.15, 0.2) is 0 Å². The van der Waals surface area contributed by atoms with Gasteiger partial charge < -0.3 is 5.11 Å². The van der Waals surface area contributed by atoms with E-state index < -0.39 is 5.97 Å². The molecule has 2 N–H and O–H groups in total. The van der Waals surface area contributed by atoms with E-state index >= 15 is 0 Å². The number of nitrogens with one attached hydrogen (secondary N) is 1. The molecule has 0 aromatic carbocycles. The van der Waals surface area contributed by atoms with Gasteiger partial charge in [0.1, 0.15) is 0 Å². The molecule has 0 radical (unpaired) electrons. The third-order valence-electron chi connectivity index (χ3n) is 1.65. The van der Waals surface area contributed by atoms with Gasteiger partial charge in [-0.25, -0.2) is 0 Å². The van der Waals surface area contributed by atoms with E-state index in [0.717, 1.165) is 6.42 Å². The molecule has 4 heteroatoms. The summed E-state index contributed by atoms with van der Waals surface area (Å²) in [6.45, 7) is 3.66. The van der Waals surface area contributed by atoms with Crippen LogP contribution >= 0.6 is 9.39 Å². The Morgan fingerprint density at radius 2 is 2.30 bits per heavy atom. The summed E-state index contributed by atoms with van der Waals surface area (Å²) in [5.74, 6) is -1.07. The van der Waals surface area contributed by atoms with Gasteiger partial charge in [-0.15, -0.1) is 0 Å². The molecule has 0 bridgehead atoms. The second kappa shape index (κ2) is 4.64. The molecule has 0 amide bonds. The molecule has 3 atom stereocenters. The molecule has 0 rings (SSSR count). The Labute approximate surface area is 63.5 Å².